The lowest BCUT2D eigenvalue weighted by molar-refractivity contribution is -0.384. The van der Waals surface area contributed by atoms with Crippen LogP contribution >= 0.6 is 0 Å². The molecule has 9 heteroatoms. The minimum Gasteiger partial charge on any atom is -0.477 e. The molecule has 2 N–H and O–H groups in total. The lowest BCUT2D eigenvalue weighted by Crippen LogP contribution is -2.28. The maximum atomic E-state index is 11.5. The fourth-order valence-electron chi connectivity index (χ4n) is 1.21. The molecule has 0 bridgehead atoms. The molecular formula is C11H13N3O6. The Morgan fingerprint density at radius 3 is 2.45 bits per heavy atom. The molecule has 0 aliphatic heterocycles. The first-order valence-electron chi connectivity index (χ1n) is 5.49. The Bertz CT molecular complexity index is 564. The summed E-state index contributed by atoms with van der Waals surface area (Å²) in [5.41, 5.74) is -1.76. The summed E-state index contributed by atoms with van der Waals surface area (Å²) in [5.74, 6) is -1.85. The molecule has 1 amide bonds. The Labute approximate surface area is 113 Å². The Kier molecular flexibility index (Phi) is 4.23. The zero-order valence-corrected chi connectivity index (χ0v) is 11.0. The van der Waals surface area contributed by atoms with Gasteiger partial charge in [-0.3, -0.25) is 15.4 Å². The summed E-state index contributed by atoms with van der Waals surface area (Å²) in [6.45, 7) is 4.84. The number of carbonyl (C=O) groups excluding carboxylic acids is 1. The Morgan fingerprint density at radius 2 is 2.00 bits per heavy atom. The number of rotatable bonds is 3. The minimum atomic E-state index is -1.37. The molecule has 1 heterocycles. The van der Waals surface area contributed by atoms with Gasteiger partial charge in [-0.05, 0) is 26.8 Å². The van der Waals surface area contributed by atoms with E-state index in [-0.39, 0.29) is 0 Å². The third kappa shape index (κ3) is 4.19. The van der Waals surface area contributed by atoms with Crippen molar-refractivity contribution in [2.75, 3.05) is 5.32 Å². The topological polar surface area (TPSA) is 132 Å². The SMILES string of the molecule is CC(C)(C)OC(=O)Nc1nc(C(=O)O)ccc1[N+](=O)[O-]. The number of ether oxygens (including phenoxy) is 1. The fourth-order valence-corrected chi connectivity index (χ4v) is 1.21. The lowest BCUT2D eigenvalue weighted by atomic mass is 10.2. The predicted octanol–water partition coefficient (Wildman–Crippen LogP) is 2.04. The number of aromatic carboxylic acids is 1. The van der Waals surface area contributed by atoms with Gasteiger partial charge in [0, 0.05) is 6.07 Å². The average molecular weight is 283 g/mol. The van der Waals surface area contributed by atoms with Crippen molar-refractivity contribution in [1.82, 2.24) is 4.98 Å². The van der Waals surface area contributed by atoms with Gasteiger partial charge in [0.05, 0.1) is 4.92 Å². The molecule has 9 nitrogen and oxygen atoms in total. The summed E-state index contributed by atoms with van der Waals surface area (Å²) >= 11 is 0. The monoisotopic (exact) mass is 283 g/mol. The first-order valence-corrected chi connectivity index (χ1v) is 5.49. The number of hydrogen-bond acceptors (Lipinski definition) is 6. The van der Waals surface area contributed by atoms with Gasteiger partial charge in [0.1, 0.15) is 5.60 Å². The van der Waals surface area contributed by atoms with Crippen LogP contribution < -0.4 is 5.32 Å². The lowest BCUT2D eigenvalue weighted by Gasteiger charge is -2.19. The maximum Gasteiger partial charge on any atom is 0.413 e. The molecule has 0 aliphatic carbocycles. The summed E-state index contributed by atoms with van der Waals surface area (Å²) in [7, 11) is 0. The highest BCUT2D eigenvalue weighted by molar-refractivity contribution is 5.90. The van der Waals surface area contributed by atoms with Crippen molar-refractivity contribution < 1.29 is 24.4 Å². The van der Waals surface area contributed by atoms with E-state index in [1.54, 1.807) is 20.8 Å². The van der Waals surface area contributed by atoms with E-state index in [1.807, 2.05) is 0 Å². The van der Waals surface area contributed by atoms with Gasteiger partial charge >= 0.3 is 17.7 Å². The fraction of sp³-hybridized carbons (Fsp3) is 0.364. The second kappa shape index (κ2) is 5.51. The number of pyridine rings is 1. The Hall–Kier alpha value is -2.71. The van der Waals surface area contributed by atoms with Gasteiger partial charge in [0.25, 0.3) is 0 Å². The zero-order chi connectivity index (χ0) is 15.5. The predicted molar refractivity (Wildman–Crippen MR) is 67.7 cm³/mol. The molecule has 1 rings (SSSR count). The molecule has 20 heavy (non-hydrogen) atoms. The number of nitro groups is 1. The standard InChI is InChI=1S/C11H13N3O6/c1-11(2,3)20-10(17)13-8-7(14(18)19)5-4-6(12-8)9(15)16/h4-5H,1-3H3,(H,15,16)(H,12,13,17). The second-order valence-corrected chi connectivity index (χ2v) is 4.75. The Morgan fingerprint density at radius 1 is 1.40 bits per heavy atom. The number of carboxylic acid groups (broad SMARTS) is 1. The number of nitrogens with one attached hydrogen (secondary N) is 1. The van der Waals surface area contributed by atoms with E-state index >= 15 is 0 Å². The van der Waals surface area contributed by atoms with Crippen LogP contribution in [0.15, 0.2) is 12.1 Å². The van der Waals surface area contributed by atoms with Crippen molar-refractivity contribution in [2.45, 2.75) is 26.4 Å². The van der Waals surface area contributed by atoms with Gasteiger partial charge in [0.2, 0.25) is 5.82 Å². The quantitative estimate of drug-likeness (QED) is 0.640. The number of carbonyl (C=O) groups is 2. The molecule has 0 fully saturated rings. The van der Waals surface area contributed by atoms with Crippen molar-refractivity contribution in [3.05, 3.63) is 27.9 Å². The van der Waals surface area contributed by atoms with Crippen LogP contribution in [0, 0.1) is 10.1 Å². The molecule has 0 aromatic carbocycles. The summed E-state index contributed by atoms with van der Waals surface area (Å²) < 4.78 is 4.92. The summed E-state index contributed by atoms with van der Waals surface area (Å²) in [6.07, 6.45) is -0.962. The highest BCUT2D eigenvalue weighted by atomic mass is 16.6. The van der Waals surface area contributed by atoms with Crippen molar-refractivity contribution in [1.29, 1.82) is 0 Å². The number of aromatic nitrogens is 1. The van der Waals surface area contributed by atoms with E-state index in [2.05, 4.69) is 10.3 Å². The van der Waals surface area contributed by atoms with Crippen LogP contribution in [0.5, 0.6) is 0 Å². The molecule has 0 spiro atoms. The largest absolute Gasteiger partial charge is 0.477 e. The van der Waals surface area contributed by atoms with Gasteiger partial charge in [-0.1, -0.05) is 0 Å². The smallest absolute Gasteiger partial charge is 0.413 e. The van der Waals surface area contributed by atoms with Crippen molar-refractivity contribution in [3.63, 3.8) is 0 Å². The molecular weight excluding hydrogens is 270 g/mol. The van der Waals surface area contributed by atoms with Gasteiger partial charge in [-0.15, -0.1) is 0 Å². The zero-order valence-electron chi connectivity index (χ0n) is 11.0. The molecule has 0 saturated carbocycles. The van der Waals surface area contributed by atoms with E-state index in [4.69, 9.17) is 9.84 Å². The third-order valence-corrected chi connectivity index (χ3v) is 1.91. The van der Waals surface area contributed by atoms with E-state index in [0.717, 1.165) is 12.1 Å². The number of carboxylic acids is 1. The summed E-state index contributed by atoms with van der Waals surface area (Å²) in [6, 6.07) is 1.92. The highest BCUT2D eigenvalue weighted by Gasteiger charge is 2.23. The van der Waals surface area contributed by atoms with Gasteiger partial charge < -0.3 is 9.84 Å². The molecule has 0 unspecified atom stereocenters. The molecule has 0 atom stereocenters. The van der Waals surface area contributed by atoms with E-state index in [9.17, 15) is 19.7 Å². The van der Waals surface area contributed by atoms with Crippen molar-refractivity contribution in [2.24, 2.45) is 0 Å². The van der Waals surface area contributed by atoms with Gasteiger partial charge in [0.15, 0.2) is 5.69 Å². The van der Waals surface area contributed by atoms with E-state index < -0.39 is 39.8 Å². The summed E-state index contributed by atoms with van der Waals surface area (Å²) in [4.78, 5) is 35.8. The van der Waals surface area contributed by atoms with E-state index in [1.165, 1.54) is 0 Å². The number of anilines is 1. The first-order chi connectivity index (χ1) is 9.10. The van der Waals surface area contributed by atoms with Crippen LogP contribution in [-0.4, -0.2) is 32.7 Å². The molecule has 108 valence electrons. The molecule has 0 saturated heterocycles. The maximum absolute atomic E-state index is 11.5. The minimum absolute atomic E-state index is 0.429. The molecule has 0 aliphatic rings. The summed E-state index contributed by atoms with van der Waals surface area (Å²) in [5, 5.41) is 21.6. The normalized spacial score (nSPS) is 10.8. The molecule has 1 aromatic heterocycles. The average Bonchev–Trinajstić information content (AvgIpc) is 2.25. The van der Waals surface area contributed by atoms with Crippen molar-refractivity contribution >= 4 is 23.6 Å². The van der Waals surface area contributed by atoms with Crippen LogP contribution in [-0.2, 0) is 4.74 Å². The molecule has 1 aromatic rings. The first kappa shape index (κ1) is 15.3. The van der Waals surface area contributed by atoms with Gasteiger partial charge in [-0.2, -0.15) is 0 Å². The number of amides is 1. The molecule has 0 radical (unpaired) electrons. The third-order valence-electron chi connectivity index (χ3n) is 1.91. The van der Waals surface area contributed by atoms with Crippen LogP contribution in [0.4, 0.5) is 16.3 Å². The number of nitrogens with zero attached hydrogens (tertiary/aromatic N) is 2. The van der Waals surface area contributed by atoms with Crippen LogP contribution in [0.3, 0.4) is 0 Å². The Balaban J connectivity index is 3.08. The van der Waals surface area contributed by atoms with E-state index in [0.29, 0.717) is 0 Å². The van der Waals surface area contributed by atoms with Crippen LogP contribution in [0.25, 0.3) is 0 Å². The second-order valence-electron chi connectivity index (χ2n) is 4.75. The number of hydrogen-bond donors (Lipinski definition) is 2. The van der Waals surface area contributed by atoms with Crippen LogP contribution in [0.2, 0.25) is 0 Å². The van der Waals surface area contributed by atoms with Crippen molar-refractivity contribution in [3.8, 4) is 0 Å². The van der Waals surface area contributed by atoms with Crippen LogP contribution in [0.1, 0.15) is 31.3 Å². The highest BCUT2D eigenvalue weighted by Crippen LogP contribution is 2.23. The van der Waals surface area contributed by atoms with Gasteiger partial charge in [-0.25, -0.2) is 14.6 Å².